The number of esters is 1. The molecule has 5 nitrogen and oxygen atoms in total. The number of carbonyl (C=O) groups is 1. The molecule has 0 unspecified atom stereocenters. The van der Waals surface area contributed by atoms with Crippen LogP contribution in [0, 0.1) is 11.8 Å². The Labute approximate surface area is 140 Å². The summed E-state index contributed by atoms with van der Waals surface area (Å²) in [5.41, 5.74) is 0. The van der Waals surface area contributed by atoms with E-state index in [1.807, 2.05) is 0 Å². The smallest absolute Gasteiger partial charge is 0.308 e. The molecule has 1 aliphatic heterocycles. The predicted octanol–water partition coefficient (Wildman–Crippen LogP) is 2.81. The van der Waals surface area contributed by atoms with Gasteiger partial charge in [0.25, 0.3) is 0 Å². The lowest BCUT2D eigenvalue weighted by atomic mass is 9.97. The van der Waals surface area contributed by atoms with Gasteiger partial charge in [0.1, 0.15) is 0 Å². The normalized spacial score (nSPS) is 20.8. The van der Waals surface area contributed by atoms with Crippen LogP contribution in [0.1, 0.15) is 58.3 Å². The van der Waals surface area contributed by atoms with Gasteiger partial charge in [-0.15, -0.1) is 0 Å². The molecule has 0 amide bonds. The highest BCUT2D eigenvalue weighted by molar-refractivity contribution is 5.80. The summed E-state index contributed by atoms with van der Waals surface area (Å²) in [4.78, 5) is 18.7. The van der Waals surface area contributed by atoms with Gasteiger partial charge in [0, 0.05) is 26.2 Å². The number of hydrogen-bond acceptors (Lipinski definition) is 3. The molecule has 2 rings (SSSR count). The van der Waals surface area contributed by atoms with Crippen LogP contribution in [0.5, 0.6) is 0 Å². The molecule has 0 aromatic heterocycles. The fourth-order valence-corrected chi connectivity index (χ4v) is 3.78. The second-order valence-corrected chi connectivity index (χ2v) is 6.81. The van der Waals surface area contributed by atoms with Crippen LogP contribution in [-0.4, -0.2) is 50.1 Å². The van der Waals surface area contributed by atoms with E-state index in [0.29, 0.717) is 0 Å². The quantitative estimate of drug-likeness (QED) is 0.353. The van der Waals surface area contributed by atoms with Crippen molar-refractivity contribution in [1.82, 2.24) is 10.2 Å². The molecule has 0 bridgehead atoms. The summed E-state index contributed by atoms with van der Waals surface area (Å²) >= 11 is 0. The number of hydrogen-bond donors (Lipinski definition) is 1. The molecule has 1 aliphatic carbocycles. The molecule has 2 fully saturated rings. The Balaban J connectivity index is 1.76. The Kier molecular flexibility index (Phi) is 7.69. The van der Waals surface area contributed by atoms with Gasteiger partial charge < -0.3 is 15.0 Å². The lowest BCUT2D eigenvalue weighted by molar-refractivity contribution is -0.146. The number of aliphatic imine (C=N–C) groups is 1. The van der Waals surface area contributed by atoms with Gasteiger partial charge in [-0.3, -0.25) is 9.79 Å². The third-order valence-corrected chi connectivity index (χ3v) is 5.17. The van der Waals surface area contributed by atoms with Gasteiger partial charge in [-0.25, -0.2) is 0 Å². The van der Waals surface area contributed by atoms with E-state index in [-0.39, 0.29) is 11.9 Å². The molecule has 1 saturated heterocycles. The maximum absolute atomic E-state index is 11.6. The zero-order valence-electron chi connectivity index (χ0n) is 14.9. The van der Waals surface area contributed by atoms with Gasteiger partial charge in [-0.2, -0.15) is 0 Å². The van der Waals surface area contributed by atoms with Crippen molar-refractivity contribution in [2.75, 3.05) is 33.3 Å². The molecule has 23 heavy (non-hydrogen) atoms. The van der Waals surface area contributed by atoms with Gasteiger partial charge >= 0.3 is 5.97 Å². The molecular weight excluding hydrogens is 290 g/mol. The van der Waals surface area contributed by atoms with Crippen molar-refractivity contribution in [3.05, 3.63) is 0 Å². The number of rotatable bonds is 6. The third-order valence-electron chi connectivity index (χ3n) is 5.17. The zero-order chi connectivity index (χ0) is 16.5. The summed E-state index contributed by atoms with van der Waals surface area (Å²) in [6.45, 7) is 5.67. The molecule has 0 spiro atoms. The minimum atomic E-state index is -0.0665. The Morgan fingerprint density at radius 1 is 1.22 bits per heavy atom. The Bertz CT molecular complexity index is 384. The molecule has 0 aromatic rings. The number of methoxy groups -OCH3 is 1. The van der Waals surface area contributed by atoms with Gasteiger partial charge in [0.05, 0.1) is 13.0 Å². The summed E-state index contributed by atoms with van der Waals surface area (Å²) in [7, 11) is 1.48. The van der Waals surface area contributed by atoms with Crippen LogP contribution in [0.3, 0.4) is 0 Å². The van der Waals surface area contributed by atoms with Crippen LogP contribution in [0.2, 0.25) is 0 Å². The largest absolute Gasteiger partial charge is 0.469 e. The van der Waals surface area contributed by atoms with E-state index >= 15 is 0 Å². The molecule has 1 saturated carbocycles. The topological polar surface area (TPSA) is 53.9 Å². The third kappa shape index (κ3) is 5.70. The summed E-state index contributed by atoms with van der Waals surface area (Å²) in [5, 5.41) is 3.40. The molecule has 1 heterocycles. The molecule has 1 N–H and O–H groups in total. The van der Waals surface area contributed by atoms with Crippen molar-refractivity contribution in [2.45, 2.75) is 58.3 Å². The van der Waals surface area contributed by atoms with E-state index in [9.17, 15) is 4.79 Å². The molecule has 132 valence electrons. The first-order valence-corrected chi connectivity index (χ1v) is 9.35. The van der Waals surface area contributed by atoms with E-state index in [1.54, 1.807) is 0 Å². The van der Waals surface area contributed by atoms with Crippen molar-refractivity contribution < 1.29 is 9.53 Å². The first kappa shape index (κ1) is 18.1. The number of nitrogens with one attached hydrogen (secondary N) is 1. The second kappa shape index (κ2) is 9.78. The van der Waals surface area contributed by atoms with E-state index in [2.05, 4.69) is 17.1 Å². The Morgan fingerprint density at radius 3 is 2.52 bits per heavy atom. The molecule has 5 heteroatoms. The van der Waals surface area contributed by atoms with Crippen LogP contribution in [-0.2, 0) is 9.53 Å². The lowest BCUT2D eigenvalue weighted by Crippen LogP contribution is -2.46. The first-order valence-electron chi connectivity index (χ1n) is 9.35. The highest BCUT2D eigenvalue weighted by atomic mass is 16.5. The fourth-order valence-electron chi connectivity index (χ4n) is 3.78. The maximum atomic E-state index is 11.6. The fraction of sp³-hybridized carbons (Fsp3) is 0.889. The van der Waals surface area contributed by atoms with E-state index in [0.717, 1.165) is 50.9 Å². The summed E-state index contributed by atoms with van der Waals surface area (Å²) in [5.74, 6) is 1.95. The molecular formula is C18H33N3O2. The van der Waals surface area contributed by atoms with Crippen LogP contribution in [0.4, 0.5) is 0 Å². The number of guanidine groups is 1. The lowest BCUT2D eigenvalue weighted by Gasteiger charge is -2.33. The standard InChI is InChI=1S/C18H33N3O2/c1-3-19-18(20-12-6-9-15-7-4-5-8-15)21-13-10-16(11-14-21)17(22)23-2/h15-16H,3-14H2,1-2H3,(H,19,20). The number of piperidine rings is 1. The van der Waals surface area contributed by atoms with Crippen molar-refractivity contribution in [1.29, 1.82) is 0 Å². The van der Waals surface area contributed by atoms with Crippen molar-refractivity contribution in [3.8, 4) is 0 Å². The predicted molar refractivity (Wildman–Crippen MR) is 93.5 cm³/mol. The van der Waals surface area contributed by atoms with E-state index in [1.165, 1.54) is 45.6 Å². The molecule has 0 aromatic carbocycles. The number of nitrogens with zero attached hydrogens (tertiary/aromatic N) is 2. The highest BCUT2D eigenvalue weighted by Crippen LogP contribution is 2.28. The monoisotopic (exact) mass is 323 g/mol. The van der Waals surface area contributed by atoms with Crippen LogP contribution in [0.15, 0.2) is 4.99 Å². The number of likely N-dealkylation sites (tertiary alicyclic amines) is 1. The van der Waals surface area contributed by atoms with Gasteiger partial charge in [0.2, 0.25) is 0 Å². The average Bonchev–Trinajstić information content (AvgIpc) is 3.10. The summed E-state index contributed by atoms with van der Waals surface area (Å²) < 4.78 is 4.86. The zero-order valence-corrected chi connectivity index (χ0v) is 14.9. The minimum Gasteiger partial charge on any atom is -0.469 e. The Hall–Kier alpha value is -1.26. The van der Waals surface area contributed by atoms with Crippen molar-refractivity contribution in [3.63, 3.8) is 0 Å². The van der Waals surface area contributed by atoms with Gasteiger partial charge in [-0.1, -0.05) is 25.7 Å². The molecule has 0 atom stereocenters. The summed E-state index contributed by atoms with van der Waals surface area (Å²) in [6.07, 6.45) is 9.93. The summed E-state index contributed by atoms with van der Waals surface area (Å²) in [6, 6.07) is 0. The minimum absolute atomic E-state index is 0.0569. The highest BCUT2D eigenvalue weighted by Gasteiger charge is 2.26. The SMILES string of the molecule is CCNC(=NCCCC1CCCC1)N1CCC(C(=O)OC)CC1. The van der Waals surface area contributed by atoms with Crippen LogP contribution >= 0.6 is 0 Å². The van der Waals surface area contributed by atoms with Crippen LogP contribution < -0.4 is 5.32 Å². The van der Waals surface area contributed by atoms with Crippen molar-refractivity contribution >= 4 is 11.9 Å². The second-order valence-electron chi connectivity index (χ2n) is 6.81. The molecule has 0 radical (unpaired) electrons. The Morgan fingerprint density at radius 2 is 1.91 bits per heavy atom. The number of ether oxygens (including phenoxy) is 1. The number of carbonyl (C=O) groups excluding carboxylic acids is 1. The molecule has 2 aliphatic rings. The van der Waals surface area contributed by atoms with E-state index in [4.69, 9.17) is 9.73 Å². The average molecular weight is 323 g/mol. The van der Waals surface area contributed by atoms with E-state index < -0.39 is 0 Å². The van der Waals surface area contributed by atoms with Crippen LogP contribution in [0.25, 0.3) is 0 Å². The van der Waals surface area contributed by atoms with Crippen molar-refractivity contribution in [2.24, 2.45) is 16.8 Å². The maximum Gasteiger partial charge on any atom is 0.308 e. The first-order chi connectivity index (χ1) is 11.2. The van der Waals surface area contributed by atoms with Gasteiger partial charge in [-0.05, 0) is 38.5 Å². The van der Waals surface area contributed by atoms with Gasteiger partial charge in [0.15, 0.2) is 5.96 Å².